The average molecular weight is 712 g/mol. The van der Waals surface area contributed by atoms with Crippen molar-refractivity contribution < 1.29 is 38.6 Å². The lowest BCUT2D eigenvalue weighted by Crippen LogP contribution is -2.54. The number of nitrogens with one attached hydrogen (secondary N) is 6. The number of rotatable bonds is 20. The molecule has 2 aromatic carbocycles. The van der Waals surface area contributed by atoms with E-state index in [-0.39, 0.29) is 57.1 Å². The number of benzene rings is 2. The van der Waals surface area contributed by atoms with Gasteiger partial charge in [0, 0.05) is 44.2 Å². The van der Waals surface area contributed by atoms with E-state index < -0.39 is 63.2 Å². The number of carbonyl (C=O) groups is 5. The van der Waals surface area contributed by atoms with E-state index in [1.807, 2.05) is 0 Å². The molecule has 0 fully saturated rings. The molecule has 0 heterocycles. The van der Waals surface area contributed by atoms with Crippen LogP contribution in [0.15, 0.2) is 42.5 Å². The maximum atomic E-state index is 13.3. The van der Waals surface area contributed by atoms with E-state index in [1.54, 1.807) is 38.1 Å². The predicted molar refractivity (Wildman–Crippen MR) is 185 cm³/mol. The normalized spacial score (nSPS) is 11.6. The maximum absolute atomic E-state index is 13.3. The summed E-state index contributed by atoms with van der Waals surface area (Å²) in [6.45, 7) is 3.59. The van der Waals surface area contributed by atoms with Gasteiger partial charge in [0.1, 0.15) is 24.4 Å². The summed E-state index contributed by atoms with van der Waals surface area (Å²) in [5.74, 6) is 0.527. The fraction of sp³-hybridized carbons (Fsp3) is 0.406. The fourth-order valence-electron chi connectivity index (χ4n) is 4.42. The number of hydrogen-bond acceptors (Lipinski definition) is 11. The highest BCUT2D eigenvalue weighted by atomic mass is 16.6. The summed E-state index contributed by atoms with van der Waals surface area (Å²) in [5, 5.41) is 37.8. The third-order valence-corrected chi connectivity index (χ3v) is 7.05. The van der Waals surface area contributed by atoms with Gasteiger partial charge in [0.15, 0.2) is 0 Å². The Morgan fingerprint density at radius 1 is 0.922 bits per heavy atom. The van der Waals surface area contributed by atoms with Crippen molar-refractivity contribution in [1.29, 1.82) is 0 Å². The molecule has 0 aliphatic heterocycles. The molecule has 0 aromatic heterocycles. The van der Waals surface area contributed by atoms with E-state index in [1.165, 1.54) is 6.07 Å². The van der Waals surface area contributed by atoms with Crippen molar-refractivity contribution in [2.45, 2.75) is 58.2 Å². The standard InChI is InChI=1S/C32H41N9O10/c1-4-5-8-27(42)39-28(20(2)3)30(44)38-25(7-6-15-35-31(33)45)29(43)37-22-11-9-21(10-12-22)19-51-32(46)36-17-16-34-24-14-13-23(40(47)48)18-26(24)41(49)50/h1,9-14,18,20,25,28,34H,5-8,15-17,19H2,2-3H3,(H,36,46)(H,37,43)(H,38,44)(H,39,42)(H3,33,35,45)/t25-,28-/m0/s1. The Kier molecular flexibility index (Phi) is 16.6. The highest BCUT2D eigenvalue weighted by Gasteiger charge is 2.29. The van der Waals surface area contributed by atoms with Crippen LogP contribution in [-0.4, -0.2) is 71.4 Å². The van der Waals surface area contributed by atoms with Crippen molar-refractivity contribution in [3.63, 3.8) is 0 Å². The summed E-state index contributed by atoms with van der Waals surface area (Å²) < 4.78 is 5.18. The molecule has 19 nitrogen and oxygen atoms in total. The number of hydrogen-bond donors (Lipinski definition) is 7. The second-order valence-corrected chi connectivity index (χ2v) is 11.3. The number of urea groups is 1. The van der Waals surface area contributed by atoms with Gasteiger partial charge in [-0.25, -0.2) is 9.59 Å². The van der Waals surface area contributed by atoms with Gasteiger partial charge in [0.05, 0.1) is 15.9 Å². The van der Waals surface area contributed by atoms with Gasteiger partial charge in [0.2, 0.25) is 17.7 Å². The molecule has 274 valence electrons. The molecule has 0 spiro atoms. The van der Waals surface area contributed by atoms with Gasteiger partial charge in [-0.05, 0) is 42.5 Å². The van der Waals surface area contributed by atoms with Crippen molar-refractivity contribution in [2.75, 3.05) is 30.3 Å². The predicted octanol–water partition coefficient (Wildman–Crippen LogP) is 2.27. The minimum Gasteiger partial charge on any atom is -0.445 e. The van der Waals surface area contributed by atoms with E-state index in [9.17, 15) is 44.2 Å². The first-order valence-corrected chi connectivity index (χ1v) is 15.7. The van der Waals surface area contributed by atoms with Gasteiger partial charge in [-0.3, -0.25) is 34.6 Å². The van der Waals surface area contributed by atoms with Gasteiger partial charge >= 0.3 is 12.1 Å². The monoisotopic (exact) mass is 711 g/mol. The summed E-state index contributed by atoms with van der Waals surface area (Å²) in [6.07, 6.45) is 5.12. The Bertz CT molecular complexity index is 1610. The van der Waals surface area contributed by atoms with Crippen molar-refractivity contribution in [3.8, 4) is 12.3 Å². The molecule has 0 aliphatic carbocycles. The number of nitro benzene ring substituents is 2. The summed E-state index contributed by atoms with van der Waals surface area (Å²) in [5.41, 5.74) is 5.18. The molecule has 0 aliphatic rings. The molecule has 8 N–H and O–H groups in total. The molecule has 51 heavy (non-hydrogen) atoms. The number of nitro groups is 2. The van der Waals surface area contributed by atoms with Crippen LogP contribution in [0.1, 0.15) is 45.1 Å². The van der Waals surface area contributed by atoms with E-state index >= 15 is 0 Å². The molecule has 0 saturated heterocycles. The number of terminal acetylenes is 1. The number of anilines is 2. The second kappa shape index (κ2) is 20.8. The van der Waals surface area contributed by atoms with Crippen molar-refractivity contribution in [1.82, 2.24) is 21.3 Å². The van der Waals surface area contributed by atoms with Crippen molar-refractivity contribution in [3.05, 3.63) is 68.3 Å². The minimum atomic E-state index is -1.04. The molecule has 0 saturated carbocycles. The quantitative estimate of drug-likeness (QED) is 0.0453. The van der Waals surface area contributed by atoms with Crippen LogP contribution in [0.2, 0.25) is 0 Å². The highest BCUT2D eigenvalue weighted by Crippen LogP contribution is 2.28. The summed E-state index contributed by atoms with van der Waals surface area (Å²) >= 11 is 0. The third kappa shape index (κ3) is 14.7. The summed E-state index contributed by atoms with van der Waals surface area (Å²) in [7, 11) is 0. The smallest absolute Gasteiger partial charge is 0.407 e. The van der Waals surface area contributed by atoms with Crippen molar-refractivity contribution in [2.24, 2.45) is 11.7 Å². The largest absolute Gasteiger partial charge is 0.445 e. The Balaban J connectivity index is 1.92. The van der Waals surface area contributed by atoms with Gasteiger partial charge in [-0.15, -0.1) is 12.3 Å². The molecular weight excluding hydrogens is 670 g/mol. The van der Waals surface area contributed by atoms with E-state index in [0.29, 0.717) is 17.7 Å². The van der Waals surface area contributed by atoms with Gasteiger partial charge in [0.25, 0.3) is 11.4 Å². The lowest BCUT2D eigenvalue weighted by atomic mass is 10.0. The SMILES string of the molecule is C#CCCC(=O)N[C@H](C(=O)N[C@@H](CCCNC(N)=O)C(=O)Nc1ccc(COC(=O)NCCNc2ccc([N+](=O)[O-])cc2[N+](=O)[O-])cc1)C(C)C. The van der Waals surface area contributed by atoms with E-state index in [4.69, 9.17) is 16.9 Å². The molecule has 0 unspecified atom stereocenters. The fourth-order valence-corrected chi connectivity index (χ4v) is 4.42. The zero-order chi connectivity index (χ0) is 37.9. The van der Waals surface area contributed by atoms with E-state index in [0.717, 1.165) is 12.1 Å². The number of ether oxygens (including phenoxy) is 1. The number of amides is 6. The van der Waals surface area contributed by atoms with Crippen LogP contribution in [0.5, 0.6) is 0 Å². The molecular formula is C32H41N9O10. The van der Waals surface area contributed by atoms with Crippen LogP contribution in [0.25, 0.3) is 0 Å². The summed E-state index contributed by atoms with van der Waals surface area (Å²) in [4.78, 5) is 82.5. The molecule has 19 heteroatoms. The number of alkyl carbamates (subject to hydrolysis) is 1. The van der Waals surface area contributed by atoms with Crippen molar-refractivity contribution >= 4 is 52.6 Å². The first kappa shape index (κ1) is 40.7. The van der Waals surface area contributed by atoms with Crippen LogP contribution in [0.4, 0.5) is 32.3 Å². The zero-order valence-electron chi connectivity index (χ0n) is 28.1. The Morgan fingerprint density at radius 2 is 1.63 bits per heavy atom. The Labute approximate surface area is 293 Å². The van der Waals surface area contributed by atoms with Gasteiger partial charge in [-0.2, -0.15) is 0 Å². The van der Waals surface area contributed by atoms with Crippen LogP contribution in [0, 0.1) is 38.5 Å². The molecule has 6 amide bonds. The maximum Gasteiger partial charge on any atom is 0.407 e. The molecule has 2 atom stereocenters. The molecule has 0 bridgehead atoms. The number of nitrogens with zero attached hydrogens (tertiary/aromatic N) is 2. The van der Waals surface area contributed by atoms with Crippen LogP contribution >= 0.6 is 0 Å². The lowest BCUT2D eigenvalue weighted by Gasteiger charge is -2.25. The first-order valence-electron chi connectivity index (χ1n) is 15.7. The van der Waals surface area contributed by atoms with Crippen LogP contribution in [-0.2, 0) is 25.7 Å². The van der Waals surface area contributed by atoms with Gasteiger partial charge in [-0.1, -0.05) is 26.0 Å². The van der Waals surface area contributed by atoms with Gasteiger partial charge < -0.3 is 42.4 Å². The lowest BCUT2D eigenvalue weighted by molar-refractivity contribution is -0.393. The zero-order valence-corrected chi connectivity index (χ0v) is 28.1. The third-order valence-electron chi connectivity index (χ3n) is 7.05. The first-order chi connectivity index (χ1) is 24.2. The average Bonchev–Trinajstić information content (AvgIpc) is 3.08. The number of carbonyl (C=O) groups excluding carboxylic acids is 5. The molecule has 2 rings (SSSR count). The van der Waals surface area contributed by atoms with E-state index in [2.05, 4.69) is 37.8 Å². The second-order valence-electron chi connectivity index (χ2n) is 11.3. The molecule has 2 aromatic rings. The van der Waals surface area contributed by atoms with Crippen LogP contribution in [0.3, 0.4) is 0 Å². The highest BCUT2D eigenvalue weighted by molar-refractivity contribution is 5.98. The molecule has 0 radical (unpaired) electrons. The van der Waals surface area contributed by atoms with Crippen LogP contribution < -0.4 is 37.6 Å². The number of primary amides is 1. The number of non-ortho nitro benzene ring substituents is 1. The number of nitrogens with two attached hydrogens (primary N) is 1. The Hall–Kier alpha value is -6.45. The topological polar surface area (TPSA) is 279 Å². The Morgan fingerprint density at radius 3 is 2.24 bits per heavy atom. The minimum absolute atomic E-state index is 0.0181. The summed E-state index contributed by atoms with van der Waals surface area (Å²) in [6, 6.07) is 6.77.